The van der Waals surface area contributed by atoms with Crippen LogP contribution in [0.15, 0.2) is 48.0 Å². The summed E-state index contributed by atoms with van der Waals surface area (Å²) in [5.74, 6) is 1.54. The van der Waals surface area contributed by atoms with Gasteiger partial charge in [0.25, 0.3) is 0 Å². The topological polar surface area (TPSA) is 74.4 Å². The van der Waals surface area contributed by atoms with Crippen molar-refractivity contribution in [2.75, 3.05) is 14.2 Å². The van der Waals surface area contributed by atoms with Crippen LogP contribution in [0.2, 0.25) is 0 Å². The molecule has 1 saturated heterocycles. The van der Waals surface area contributed by atoms with Gasteiger partial charge in [0.05, 0.1) is 29.6 Å². The summed E-state index contributed by atoms with van der Waals surface area (Å²) in [6.07, 6.45) is 9.02. The van der Waals surface area contributed by atoms with Gasteiger partial charge in [0, 0.05) is 37.3 Å². The summed E-state index contributed by atoms with van der Waals surface area (Å²) < 4.78 is 13.9. The maximum atomic E-state index is 6.30. The van der Waals surface area contributed by atoms with Crippen molar-refractivity contribution in [1.82, 2.24) is 19.5 Å². The van der Waals surface area contributed by atoms with E-state index in [9.17, 15) is 0 Å². The second-order valence-corrected chi connectivity index (χ2v) is 9.51. The van der Waals surface area contributed by atoms with Gasteiger partial charge in [-0.25, -0.2) is 15.0 Å². The van der Waals surface area contributed by atoms with Crippen molar-refractivity contribution in [1.29, 1.82) is 0 Å². The molecule has 0 unspecified atom stereocenters. The molecule has 0 spiro atoms. The molecular formula is C25H31N5O2. The number of methoxy groups -OCH3 is 1. The summed E-state index contributed by atoms with van der Waals surface area (Å²) in [5.41, 5.74) is 3.41. The highest BCUT2D eigenvalue weighted by Crippen LogP contribution is 2.44. The van der Waals surface area contributed by atoms with Crippen LogP contribution in [0, 0.1) is 0 Å². The summed E-state index contributed by atoms with van der Waals surface area (Å²) in [7, 11) is 3.38. The monoisotopic (exact) mass is 433 g/mol. The molecule has 0 atom stereocenters. The second-order valence-electron chi connectivity index (χ2n) is 9.51. The number of nitrogens with zero attached hydrogens (tertiary/aromatic N) is 5. The van der Waals surface area contributed by atoms with Crippen LogP contribution in [0.4, 0.5) is 0 Å². The third-order valence-corrected chi connectivity index (χ3v) is 5.73. The van der Waals surface area contributed by atoms with Gasteiger partial charge in [-0.2, -0.15) is 0 Å². The van der Waals surface area contributed by atoms with Crippen molar-refractivity contribution < 1.29 is 9.47 Å². The zero-order chi connectivity index (χ0) is 22.9. The molecule has 2 aromatic heterocycles. The molecule has 0 radical (unpaired) electrons. The zero-order valence-electron chi connectivity index (χ0n) is 19.7. The van der Waals surface area contributed by atoms with Crippen molar-refractivity contribution in [3.05, 3.63) is 54.2 Å². The molecule has 168 valence electrons. The Labute approximate surface area is 189 Å². The minimum absolute atomic E-state index is 0.217. The summed E-state index contributed by atoms with van der Waals surface area (Å²) in [5, 5.41) is 0. The van der Waals surface area contributed by atoms with E-state index in [1.165, 1.54) is 6.33 Å². The largest absolute Gasteiger partial charge is 0.480 e. The van der Waals surface area contributed by atoms with E-state index < -0.39 is 0 Å². The average molecular weight is 434 g/mol. The average Bonchev–Trinajstić information content (AvgIpc) is 3.18. The first-order valence-electron chi connectivity index (χ1n) is 10.9. The normalized spacial score (nSPS) is 18.2. The van der Waals surface area contributed by atoms with Gasteiger partial charge >= 0.3 is 0 Å². The number of imidazole rings is 1. The Morgan fingerprint density at radius 3 is 2.44 bits per heavy atom. The molecule has 3 heterocycles. The third kappa shape index (κ3) is 4.58. The Balaban J connectivity index is 1.83. The Morgan fingerprint density at radius 2 is 1.81 bits per heavy atom. The highest BCUT2D eigenvalue weighted by Gasteiger charge is 2.41. The van der Waals surface area contributed by atoms with Crippen molar-refractivity contribution in [2.45, 2.75) is 57.7 Å². The highest BCUT2D eigenvalue weighted by molar-refractivity contribution is 5.79. The fourth-order valence-corrected chi connectivity index (χ4v) is 4.79. The molecule has 7 nitrogen and oxygen atoms in total. The second kappa shape index (κ2) is 8.47. The van der Waals surface area contributed by atoms with E-state index in [4.69, 9.17) is 14.5 Å². The molecule has 1 aliphatic heterocycles. The van der Waals surface area contributed by atoms with Crippen LogP contribution in [0.5, 0.6) is 5.88 Å². The van der Waals surface area contributed by atoms with Crippen molar-refractivity contribution >= 4 is 6.21 Å². The summed E-state index contributed by atoms with van der Waals surface area (Å²) in [6.45, 7) is 8.61. The van der Waals surface area contributed by atoms with Gasteiger partial charge in [0.1, 0.15) is 6.33 Å². The first-order valence-corrected chi connectivity index (χ1v) is 10.9. The smallest absolute Gasteiger partial charge is 0.227 e. The molecule has 0 saturated carbocycles. The van der Waals surface area contributed by atoms with Crippen LogP contribution in [0.3, 0.4) is 0 Å². The maximum absolute atomic E-state index is 6.30. The quantitative estimate of drug-likeness (QED) is 0.539. The summed E-state index contributed by atoms with van der Waals surface area (Å²) >= 11 is 0. The lowest BCUT2D eigenvalue weighted by Gasteiger charge is -2.45. The van der Waals surface area contributed by atoms with Gasteiger partial charge < -0.3 is 9.47 Å². The third-order valence-electron chi connectivity index (χ3n) is 5.73. The lowest BCUT2D eigenvalue weighted by Crippen LogP contribution is -2.44. The van der Waals surface area contributed by atoms with Crippen LogP contribution < -0.4 is 4.74 Å². The van der Waals surface area contributed by atoms with Crippen LogP contribution in [0.1, 0.15) is 57.7 Å². The Morgan fingerprint density at radius 1 is 1.12 bits per heavy atom. The van der Waals surface area contributed by atoms with Crippen molar-refractivity contribution in [2.24, 2.45) is 4.99 Å². The molecule has 0 amide bonds. The van der Waals surface area contributed by atoms with Gasteiger partial charge in [0.2, 0.25) is 5.88 Å². The zero-order valence-corrected chi connectivity index (χ0v) is 19.7. The molecule has 0 N–H and O–H groups in total. The van der Waals surface area contributed by atoms with E-state index in [0.717, 1.165) is 41.2 Å². The minimum atomic E-state index is -0.217. The first-order chi connectivity index (χ1) is 15.2. The molecule has 0 bridgehead atoms. The Bertz CT molecular complexity index is 1100. The first kappa shape index (κ1) is 22.1. The van der Waals surface area contributed by atoms with E-state index in [2.05, 4.69) is 65.6 Å². The van der Waals surface area contributed by atoms with E-state index in [1.807, 2.05) is 18.3 Å². The van der Waals surface area contributed by atoms with Gasteiger partial charge in [0.15, 0.2) is 5.82 Å². The number of aliphatic imine (C=N–C) groups is 1. The predicted octanol–water partition coefficient (Wildman–Crippen LogP) is 4.84. The van der Waals surface area contributed by atoms with Gasteiger partial charge in [-0.3, -0.25) is 9.56 Å². The molecule has 0 aliphatic carbocycles. The van der Waals surface area contributed by atoms with E-state index >= 15 is 0 Å². The summed E-state index contributed by atoms with van der Waals surface area (Å²) in [4.78, 5) is 17.7. The fraction of sp³-hybridized carbons (Fsp3) is 0.440. The maximum Gasteiger partial charge on any atom is 0.227 e. The van der Waals surface area contributed by atoms with Crippen LogP contribution in [0.25, 0.3) is 17.1 Å². The van der Waals surface area contributed by atoms with Gasteiger partial charge in [-0.05, 0) is 58.2 Å². The Hall–Kier alpha value is -3.06. The molecular weight excluding hydrogens is 402 g/mol. The molecule has 3 aromatic rings. The SMILES string of the molecule is CN=Cc1ccc(-n2cc(C3CC(C)(C)OC(C)(C)C3)nc2-c2cncnc2OC)cc1. The van der Waals surface area contributed by atoms with Gasteiger partial charge in [-0.1, -0.05) is 12.1 Å². The number of ether oxygens (including phenoxy) is 2. The number of hydrogen-bond acceptors (Lipinski definition) is 6. The fourth-order valence-electron chi connectivity index (χ4n) is 4.79. The lowest BCUT2D eigenvalue weighted by molar-refractivity contribution is -0.162. The molecule has 4 rings (SSSR count). The van der Waals surface area contributed by atoms with E-state index in [1.54, 1.807) is 20.4 Å². The van der Waals surface area contributed by atoms with Crippen molar-refractivity contribution in [3.8, 4) is 23.0 Å². The number of aromatic nitrogens is 4. The molecule has 1 aliphatic rings. The molecule has 7 heteroatoms. The molecule has 32 heavy (non-hydrogen) atoms. The van der Waals surface area contributed by atoms with Crippen LogP contribution in [-0.2, 0) is 4.74 Å². The molecule has 1 aromatic carbocycles. The van der Waals surface area contributed by atoms with E-state index in [0.29, 0.717) is 5.88 Å². The van der Waals surface area contributed by atoms with Crippen LogP contribution >= 0.6 is 0 Å². The standard InChI is InChI=1S/C25H31N5O2/c1-24(2)11-18(12-25(3,4)32-24)21-15-30(19-9-7-17(8-10-19)13-26-5)22(29-21)20-14-27-16-28-23(20)31-6/h7-10,13-16,18H,11-12H2,1-6H3. The number of benzene rings is 1. The summed E-state index contributed by atoms with van der Waals surface area (Å²) in [6, 6.07) is 8.23. The number of hydrogen-bond donors (Lipinski definition) is 0. The number of rotatable bonds is 5. The van der Waals surface area contributed by atoms with Crippen LogP contribution in [-0.4, -0.2) is 51.1 Å². The predicted molar refractivity (Wildman–Crippen MR) is 126 cm³/mol. The highest BCUT2D eigenvalue weighted by atomic mass is 16.5. The Kier molecular flexibility index (Phi) is 5.86. The minimum Gasteiger partial charge on any atom is -0.480 e. The molecule has 1 fully saturated rings. The van der Waals surface area contributed by atoms with E-state index in [-0.39, 0.29) is 17.1 Å². The van der Waals surface area contributed by atoms with Gasteiger partial charge in [-0.15, -0.1) is 0 Å². The van der Waals surface area contributed by atoms with Crippen molar-refractivity contribution in [3.63, 3.8) is 0 Å². The lowest BCUT2D eigenvalue weighted by atomic mass is 9.79.